The largest absolute Gasteiger partial charge is 0.491 e. The van der Waals surface area contributed by atoms with Crippen molar-refractivity contribution in [3.05, 3.63) is 84.4 Å². The van der Waals surface area contributed by atoms with Gasteiger partial charge in [0.25, 0.3) is 5.91 Å². The third kappa shape index (κ3) is 5.09. The first-order chi connectivity index (χ1) is 15.9. The summed E-state index contributed by atoms with van der Waals surface area (Å²) in [5, 5.41) is 0.493. The number of carbonyl (C=O) groups is 2. The van der Waals surface area contributed by atoms with Gasteiger partial charge in [0.15, 0.2) is 5.16 Å². The molecule has 1 amide bonds. The first kappa shape index (κ1) is 22.6. The first-order valence-corrected chi connectivity index (χ1v) is 11.7. The Bertz CT molecular complexity index is 1270. The summed E-state index contributed by atoms with van der Waals surface area (Å²) >= 11 is 1.25. The van der Waals surface area contributed by atoms with Crippen LogP contribution in [0.5, 0.6) is 5.75 Å². The second-order valence-electron chi connectivity index (χ2n) is 7.79. The molecule has 4 aromatic rings. The normalized spacial score (nSPS) is 11.0. The van der Waals surface area contributed by atoms with E-state index in [0.717, 1.165) is 17.0 Å². The Morgan fingerprint density at radius 2 is 1.64 bits per heavy atom. The molecule has 0 radical (unpaired) electrons. The second kappa shape index (κ2) is 9.92. The van der Waals surface area contributed by atoms with E-state index in [1.807, 2.05) is 80.6 Å². The van der Waals surface area contributed by atoms with E-state index in [-0.39, 0.29) is 23.7 Å². The van der Waals surface area contributed by atoms with Gasteiger partial charge in [0.1, 0.15) is 5.75 Å². The highest BCUT2D eigenvalue weighted by molar-refractivity contribution is 7.99. The molecule has 0 unspecified atom stereocenters. The number of anilines is 1. The summed E-state index contributed by atoms with van der Waals surface area (Å²) in [5.74, 6) is 0.639. The lowest BCUT2D eigenvalue weighted by atomic mass is 10.2. The number of amides is 1. The van der Waals surface area contributed by atoms with Gasteiger partial charge >= 0.3 is 0 Å². The molecule has 0 aliphatic heterocycles. The van der Waals surface area contributed by atoms with Crippen molar-refractivity contribution >= 4 is 40.3 Å². The quantitative estimate of drug-likeness (QED) is 0.353. The van der Waals surface area contributed by atoms with Crippen molar-refractivity contribution < 1.29 is 14.3 Å². The van der Waals surface area contributed by atoms with E-state index in [1.54, 1.807) is 28.6 Å². The lowest BCUT2D eigenvalue weighted by Gasteiger charge is -2.18. The van der Waals surface area contributed by atoms with Gasteiger partial charge in [-0.25, -0.2) is 4.98 Å². The van der Waals surface area contributed by atoms with Gasteiger partial charge in [-0.15, -0.1) is 0 Å². The van der Waals surface area contributed by atoms with Gasteiger partial charge in [-0.2, -0.15) is 0 Å². The van der Waals surface area contributed by atoms with Gasteiger partial charge in [0.2, 0.25) is 5.91 Å². The second-order valence-corrected chi connectivity index (χ2v) is 8.73. The Hall–Kier alpha value is -3.58. The van der Waals surface area contributed by atoms with Crippen LogP contribution in [0.25, 0.3) is 11.0 Å². The molecule has 168 valence electrons. The predicted molar refractivity (Wildman–Crippen MR) is 132 cm³/mol. The van der Waals surface area contributed by atoms with Crippen molar-refractivity contribution in [1.82, 2.24) is 9.55 Å². The maximum atomic E-state index is 13.3. The van der Waals surface area contributed by atoms with E-state index in [0.29, 0.717) is 16.2 Å². The molecule has 1 aromatic heterocycles. The Morgan fingerprint density at radius 3 is 2.33 bits per heavy atom. The first-order valence-electron chi connectivity index (χ1n) is 10.7. The number of benzene rings is 3. The van der Waals surface area contributed by atoms with E-state index >= 15 is 0 Å². The van der Waals surface area contributed by atoms with Crippen LogP contribution in [0, 0.1) is 0 Å². The lowest BCUT2D eigenvalue weighted by molar-refractivity contribution is -0.115. The SMILES string of the molecule is CC(C)Oc1ccc(N(C)C(=O)CSc2nc3ccccc3n2C(=O)c2ccccc2)cc1. The summed E-state index contributed by atoms with van der Waals surface area (Å²) in [4.78, 5) is 32.4. The van der Waals surface area contributed by atoms with Gasteiger partial charge in [-0.1, -0.05) is 42.1 Å². The van der Waals surface area contributed by atoms with Crippen molar-refractivity contribution in [3.63, 3.8) is 0 Å². The van der Waals surface area contributed by atoms with E-state index < -0.39 is 0 Å². The minimum atomic E-state index is -0.173. The van der Waals surface area contributed by atoms with E-state index in [2.05, 4.69) is 4.98 Å². The molecule has 0 spiro atoms. The third-order valence-corrected chi connectivity index (χ3v) is 5.97. The highest BCUT2D eigenvalue weighted by Gasteiger charge is 2.20. The van der Waals surface area contributed by atoms with Gasteiger partial charge in [-0.3, -0.25) is 14.2 Å². The zero-order valence-corrected chi connectivity index (χ0v) is 19.6. The summed E-state index contributed by atoms with van der Waals surface area (Å²) in [7, 11) is 1.74. The van der Waals surface area contributed by atoms with Crippen LogP contribution in [0.15, 0.2) is 84.0 Å². The van der Waals surface area contributed by atoms with Gasteiger partial charge in [-0.05, 0) is 62.4 Å². The number of fused-ring (bicyclic) bond motifs is 1. The average Bonchev–Trinajstić information content (AvgIpc) is 3.20. The van der Waals surface area contributed by atoms with E-state index in [4.69, 9.17) is 4.74 Å². The topological polar surface area (TPSA) is 64.4 Å². The van der Waals surface area contributed by atoms with Crippen LogP contribution in [-0.2, 0) is 4.79 Å². The molecule has 7 heteroatoms. The third-order valence-electron chi connectivity index (χ3n) is 5.05. The summed E-state index contributed by atoms with van der Waals surface area (Å²) in [6, 6.07) is 24.0. The number of para-hydroxylation sites is 2. The van der Waals surface area contributed by atoms with Crippen molar-refractivity contribution in [2.45, 2.75) is 25.1 Å². The van der Waals surface area contributed by atoms with Gasteiger partial charge in [0, 0.05) is 18.3 Å². The molecule has 0 saturated carbocycles. The monoisotopic (exact) mass is 459 g/mol. The molecule has 0 bridgehead atoms. The highest BCUT2D eigenvalue weighted by atomic mass is 32.2. The zero-order valence-electron chi connectivity index (χ0n) is 18.8. The smallest absolute Gasteiger partial charge is 0.264 e. The molecule has 0 fully saturated rings. The highest BCUT2D eigenvalue weighted by Crippen LogP contribution is 2.26. The fourth-order valence-electron chi connectivity index (χ4n) is 3.39. The number of hydrogen-bond donors (Lipinski definition) is 0. The summed E-state index contributed by atoms with van der Waals surface area (Å²) in [5.41, 5.74) is 2.77. The maximum Gasteiger partial charge on any atom is 0.264 e. The fourth-order valence-corrected chi connectivity index (χ4v) is 4.31. The predicted octanol–water partition coefficient (Wildman–Crippen LogP) is 5.27. The Labute approximate surface area is 197 Å². The maximum absolute atomic E-state index is 13.3. The Morgan fingerprint density at radius 1 is 0.970 bits per heavy atom. The van der Waals surface area contributed by atoms with Crippen LogP contribution in [0.3, 0.4) is 0 Å². The van der Waals surface area contributed by atoms with Crippen LogP contribution in [0.2, 0.25) is 0 Å². The molecule has 4 rings (SSSR count). The van der Waals surface area contributed by atoms with E-state index in [1.165, 1.54) is 11.8 Å². The van der Waals surface area contributed by atoms with Crippen molar-refractivity contribution in [1.29, 1.82) is 0 Å². The van der Waals surface area contributed by atoms with Crippen LogP contribution in [-0.4, -0.2) is 40.3 Å². The number of hydrogen-bond acceptors (Lipinski definition) is 5. The molecule has 33 heavy (non-hydrogen) atoms. The van der Waals surface area contributed by atoms with Crippen LogP contribution in [0.1, 0.15) is 24.2 Å². The minimum absolute atomic E-state index is 0.0875. The lowest BCUT2D eigenvalue weighted by Crippen LogP contribution is -2.28. The summed E-state index contributed by atoms with van der Waals surface area (Å²) in [6.45, 7) is 3.94. The van der Waals surface area contributed by atoms with Gasteiger partial charge < -0.3 is 9.64 Å². The van der Waals surface area contributed by atoms with E-state index in [9.17, 15) is 9.59 Å². The number of carbonyl (C=O) groups excluding carboxylic acids is 2. The van der Waals surface area contributed by atoms with Gasteiger partial charge in [0.05, 0.1) is 22.9 Å². The fraction of sp³-hybridized carbons (Fsp3) is 0.192. The average molecular weight is 460 g/mol. The number of imidazole rings is 1. The number of aromatic nitrogens is 2. The van der Waals surface area contributed by atoms with Crippen LogP contribution < -0.4 is 9.64 Å². The van der Waals surface area contributed by atoms with Crippen molar-refractivity contribution in [3.8, 4) is 5.75 Å². The molecular formula is C26H25N3O3S. The summed E-state index contributed by atoms with van der Waals surface area (Å²) < 4.78 is 7.25. The Balaban J connectivity index is 1.53. The van der Waals surface area contributed by atoms with Crippen LogP contribution in [0.4, 0.5) is 5.69 Å². The molecule has 0 atom stereocenters. The number of nitrogens with zero attached hydrogens (tertiary/aromatic N) is 3. The van der Waals surface area contributed by atoms with Crippen molar-refractivity contribution in [2.24, 2.45) is 0 Å². The number of thioether (sulfide) groups is 1. The number of ether oxygens (including phenoxy) is 1. The molecule has 1 heterocycles. The standard InChI is InChI=1S/C26H25N3O3S/c1-18(2)32-21-15-13-20(14-16-21)28(3)24(30)17-33-26-27-22-11-7-8-12-23(22)29(26)25(31)19-9-5-4-6-10-19/h4-16,18H,17H2,1-3H3. The zero-order chi connectivity index (χ0) is 23.4. The number of rotatable bonds is 7. The molecule has 0 saturated heterocycles. The van der Waals surface area contributed by atoms with Crippen LogP contribution >= 0.6 is 11.8 Å². The van der Waals surface area contributed by atoms with Crippen molar-refractivity contribution in [2.75, 3.05) is 17.7 Å². The minimum Gasteiger partial charge on any atom is -0.491 e. The molecule has 0 aliphatic carbocycles. The molecule has 6 nitrogen and oxygen atoms in total. The Kier molecular flexibility index (Phi) is 6.79. The summed E-state index contributed by atoms with van der Waals surface area (Å²) in [6.07, 6.45) is 0.0875. The molecular weight excluding hydrogens is 434 g/mol. The molecule has 3 aromatic carbocycles. The molecule has 0 aliphatic rings. The molecule has 0 N–H and O–H groups in total.